The molecule has 0 fully saturated rings. The Morgan fingerprint density at radius 3 is 2.73 bits per heavy atom. The molecule has 1 aliphatic heterocycles. The Hall–Kier alpha value is -2.43. The zero-order chi connectivity index (χ0) is 18.8. The van der Waals surface area contributed by atoms with E-state index in [-0.39, 0.29) is 5.91 Å². The molecule has 26 heavy (non-hydrogen) atoms. The van der Waals surface area contributed by atoms with Crippen LogP contribution in [0.1, 0.15) is 61.8 Å². The van der Waals surface area contributed by atoms with E-state index in [1.54, 1.807) is 4.90 Å². The number of hydrogen-bond acceptors (Lipinski definition) is 4. The number of fused-ring (bicyclic) bond motifs is 1. The Bertz CT molecular complexity index is 817. The van der Waals surface area contributed by atoms with Gasteiger partial charge in [-0.25, -0.2) is 9.97 Å². The number of nitrogens with zero attached hydrogens (tertiary/aromatic N) is 3. The first-order valence-electron chi connectivity index (χ1n) is 9.28. The molecule has 0 saturated heterocycles. The molecule has 0 radical (unpaired) electrons. The van der Waals surface area contributed by atoms with E-state index in [9.17, 15) is 4.79 Å². The van der Waals surface area contributed by atoms with Gasteiger partial charge in [0.05, 0.1) is 12.2 Å². The third-order valence-electron chi connectivity index (χ3n) is 4.78. The summed E-state index contributed by atoms with van der Waals surface area (Å²) in [4.78, 5) is 23.6. The molecule has 0 N–H and O–H groups in total. The van der Waals surface area contributed by atoms with Crippen LogP contribution in [0, 0.1) is 6.92 Å². The standard InChI is InChI=1S/C21H27N3O2/c1-6-20-22-10-16-11-24(12-18(16)23-20)21(25)15(5)26-19-9-14(4)7-8-17(19)13(2)3/h7-10,13,15H,6,11-12H2,1-5H3. The molecule has 0 saturated carbocycles. The van der Waals surface area contributed by atoms with E-state index in [0.29, 0.717) is 19.0 Å². The van der Waals surface area contributed by atoms with E-state index in [0.717, 1.165) is 40.4 Å². The molecule has 1 unspecified atom stereocenters. The number of hydrogen-bond donors (Lipinski definition) is 0. The van der Waals surface area contributed by atoms with Crippen molar-refractivity contribution in [3.8, 4) is 5.75 Å². The molecule has 0 spiro atoms. The summed E-state index contributed by atoms with van der Waals surface area (Å²) in [6, 6.07) is 6.17. The number of aromatic nitrogens is 2. The smallest absolute Gasteiger partial charge is 0.264 e. The van der Waals surface area contributed by atoms with E-state index in [4.69, 9.17) is 4.74 Å². The van der Waals surface area contributed by atoms with E-state index in [2.05, 4.69) is 35.9 Å². The molecule has 1 atom stereocenters. The first-order valence-corrected chi connectivity index (χ1v) is 9.28. The van der Waals surface area contributed by atoms with Crippen molar-refractivity contribution in [1.29, 1.82) is 0 Å². The summed E-state index contributed by atoms with van der Waals surface area (Å²) in [6.07, 6.45) is 2.10. The van der Waals surface area contributed by atoms with Gasteiger partial charge in [-0.15, -0.1) is 0 Å². The minimum atomic E-state index is -0.540. The summed E-state index contributed by atoms with van der Waals surface area (Å²) in [5, 5.41) is 0. The molecule has 0 bridgehead atoms. The Kier molecular flexibility index (Phi) is 5.25. The van der Waals surface area contributed by atoms with Gasteiger partial charge in [0.15, 0.2) is 6.10 Å². The number of carbonyl (C=O) groups excluding carboxylic acids is 1. The highest BCUT2D eigenvalue weighted by atomic mass is 16.5. The summed E-state index contributed by atoms with van der Waals surface area (Å²) in [5.41, 5.74) is 4.23. The second-order valence-electron chi connectivity index (χ2n) is 7.26. The fourth-order valence-electron chi connectivity index (χ4n) is 3.24. The van der Waals surface area contributed by atoms with Crippen LogP contribution in [0.3, 0.4) is 0 Å². The topological polar surface area (TPSA) is 55.3 Å². The van der Waals surface area contributed by atoms with Gasteiger partial charge in [0, 0.05) is 24.7 Å². The number of carbonyl (C=O) groups is 1. The molecule has 3 rings (SSSR count). The largest absolute Gasteiger partial charge is 0.481 e. The second-order valence-corrected chi connectivity index (χ2v) is 7.26. The first-order chi connectivity index (χ1) is 12.4. The van der Waals surface area contributed by atoms with E-state index >= 15 is 0 Å². The van der Waals surface area contributed by atoms with Crippen LogP contribution >= 0.6 is 0 Å². The summed E-state index contributed by atoms with van der Waals surface area (Å²) in [5.74, 6) is 1.94. The molecule has 0 aliphatic carbocycles. The lowest BCUT2D eigenvalue weighted by atomic mass is 10.0. The molecule has 2 aromatic rings. The van der Waals surface area contributed by atoms with Crippen LogP contribution in [0.5, 0.6) is 5.75 Å². The highest BCUT2D eigenvalue weighted by Gasteiger charge is 2.29. The maximum atomic E-state index is 12.9. The van der Waals surface area contributed by atoms with Crippen LogP contribution in [0.2, 0.25) is 0 Å². The Morgan fingerprint density at radius 2 is 2.04 bits per heavy atom. The molecule has 5 nitrogen and oxygen atoms in total. The number of amides is 1. The van der Waals surface area contributed by atoms with Crippen molar-refractivity contribution in [1.82, 2.24) is 14.9 Å². The van der Waals surface area contributed by atoms with Gasteiger partial charge in [-0.2, -0.15) is 0 Å². The molecular weight excluding hydrogens is 326 g/mol. The Labute approximate surface area is 155 Å². The Morgan fingerprint density at radius 1 is 1.27 bits per heavy atom. The van der Waals surface area contributed by atoms with Gasteiger partial charge in [-0.05, 0) is 37.0 Å². The normalized spacial score (nSPS) is 14.5. The van der Waals surface area contributed by atoms with E-state index in [1.165, 1.54) is 0 Å². The highest BCUT2D eigenvalue weighted by molar-refractivity contribution is 5.81. The van der Waals surface area contributed by atoms with Gasteiger partial charge in [-0.3, -0.25) is 4.79 Å². The third kappa shape index (κ3) is 3.71. The Balaban J connectivity index is 1.72. The lowest BCUT2D eigenvalue weighted by Crippen LogP contribution is -2.37. The minimum Gasteiger partial charge on any atom is -0.481 e. The van der Waals surface area contributed by atoms with Crippen molar-refractivity contribution in [3.05, 3.63) is 52.6 Å². The fourth-order valence-corrected chi connectivity index (χ4v) is 3.24. The van der Waals surface area contributed by atoms with Crippen LogP contribution in [-0.4, -0.2) is 26.9 Å². The molecule has 1 aromatic heterocycles. The van der Waals surface area contributed by atoms with Gasteiger partial charge < -0.3 is 9.64 Å². The van der Waals surface area contributed by atoms with Gasteiger partial charge in [-0.1, -0.05) is 32.9 Å². The second kappa shape index (κ2) is 7.44. The predicted molar refractivity (Wildman–Crippen MR) is 101 cm³/mol. The fraction of sp³-hybridized carbons (Fsp3) is 0.476. The lowest BCUT2D eigenvalue weighted by Gasteiger charge is -2.23. The van der Waals surface area contributed by atoms with Gasteiger partial charge in [0.2, 0.25) is 0 Å². The summed E-state index contributed by atoms with van der Waals surface area (Å²) < 4.78 is 6.08. The molecule has 5 heteroatoms. The molecule has 138 valence electrons. The monoisotopic (exact) mass is 353 g/mol. The van der Waals surface area contributed by atoms with Gasteiger partial charge in [0.1, 0.15) is 11.6 Å². The van der Waals surface area contributed by atoms with E-state index in [1.807, 2.05) is 33.0 Å². The molecule has 1 amide bonds. The predicted octanol–water partition coefficient (Wildman–Crippen LogP) is 3.78. The number of rotatable bonds is 5. The van der Waals surface area contributed by atoms with Crippen LogP contribution < -0.4 is 4.74 Å². The lowest BCUT2D eigenvalue weighted by molar-refractivity contribution is -0.138. The van der Waals surface area contributed by atoms with Crippen molar-refractivity contribution in [3.63, 3.8) is 0 Å². The molecule has 1 aromatic carbocycles. The van der Waals surface area contributed by atoms with Gasteiger partial charge in [0.25, 0.3) is 5.91 Å². The third-order valence-corrected chi connectivity index (χ3v) is 4.78. The van der Waals surface area contributed by atoms with Crippen LogP contribution in [0.15, 0.2) is 24.4 Å². The van der Waals surface area contributed by atoms with Gasteiger partial charge >= 0.3 is 0 Å². The first kappa shape index (κ1) is 18.4. The molecular formula is C21H27N3O2. The summed E-state index contributed by atoms with van der Waals surface area (Å²) in [6.45, 7) is 11.2. The van der Waals surface area contributed by atoms with Crippen LogP contribution in [-0.2, 0) is 24.3 Å². The summed E-state index contributed by atoms with van der Waals surface area (Å²) in [7, 11) is 0. The average Bonchev–Trinajstić information content (AvgIpc) is 3.03. The van der Waals surface area contributed by atoms with Crippen molar-refractivity contribution < 1.29 is 9.53 Å². The van der Waals surface area contributed by atoms with Crippen molar-refractivity contribution in [2.45, 2.75) is 66.2 Å². The SMILES string of the molecule is CCc1ncc2c(n1)CN(C(=O)C(C)Oc1cc(C)ccc1C(C)C)C2. The van der Waals surface area contributed by atoms with Crippen molar-refractivity contribution >= 4 is 5.91 Å². The quantitative estimate of drug-likeness (QED) is 0.821. The van der Waals surface area contributed by atoms with E-state index < -0.39 is 6.10 Å². The molecule has 1 aliphatic rings. The van der Waals surface area contributed by atoms with Crippen molar-refractivity contribution in [2.24, 2.45) is 0 Å². The molecule has 2 heterocycles. The number of benzene rings is 1. The zero-order valence-electron chi connectivity index (χ0n) is 16.2. The zero-order valence-corrected chi connectivity index (χ0v) is 16.2. The highest BCUT2D eigenvalue weighted by Crippen LogP contribution is 2.29. The van der Waals surface area contributed by atoms with Crippen LogP contribution in [0.25, 0.3) is 0 Å². The number of aryl methyl sites for hydroxylation is 2. The maximum Gasteiger partial charge on any atom is 0.264 e. The van der Waals surface area contributed by atoms with Crippen LogP contribution in [0.4, 0.5) is 0 Å². The minimum absolute atomic E-state index is 0.0164. The van der Waals surface area contributed by atoms with Crippen molar-refractivity contribution in [2.75, 3.05) is 0 Å². The maximum absolute atomic E-state index is 12.9. The average molecular weight is 353 g/mol. The summed E-state index contributed by atoms with van der Waals surface area (Å²) >= 11 is 0. The number of ether oxygens (including phenoxy) is 1.